The van der Waals surface area contributed by atoms with Crippen LogP contribution in [0.25, 0.3) is 22.3 Å². The van der Waals surface area contributed by atoms with Gasteiger partial charge in [-0.05, 0) is 55.8 Å². The number of benzene rings is 2. The van der Waals surface area contributed by atoms with E-state index in [0.717, 1.165) is 11.1 Å². The van der Waals surface area contributed by atoms with Gasteiger partial charge in [0.1, 0.15) is 17.3 Å². The second-order valence-corrected chi connectivity index (χ2v) is 10.9. The molecule has 2 aromatic heterocycles. The van der Waals surface area contributed by atoms with Crippen molar-refractivity contribution in [3.8, 4) is 17.1 Å². The third-order valence-corrected chi connectivity index (χ3v) is 8.26. The summed E-state index contributed by atoms with van der Waals surface area (Å²) in [6, 6.07) is 14.6. The van der Waals surface area contributed by atoms with Crippen molar-refractivity contribution in [3.05, 3.63) is 87.2 Å². The largest absolute Gasteiger partial charge is 0.458 e. The number of fused-ring (bicyclic) bond motifs is 5. The van der Waals surface area contributed by atoms with E-state index in [4.69, 9.17) is 13.9 Å². The quantitative estimate of drug-likeness (QED) is 0.284. The van der Waals surface area contributed by atoms with Gasteiger partial charge in [0, 0.05) is 16.5 Å². The second kappa shape index (κ2) is 7.99. The minimum atomic E-state index is -4.02. The molecule has 6 rings (SSSR count). The zero-order chi connectivity index (χ0) is 26.1. The normalized spacial score (nSPS) is 18.2. The maximum atomic E-state index is 13.3. The molecule has 0 aliphatic carbocycles. The Morgan fingerprint density at radius 3 is 2.59 bits per heavy atom. The third-order valence-electron chi connectivity index (χ3n) is 6.99. The van der Waals surface area contributed by atoms with Crippen LogP contribution in [0.4, 0.5) is 0 Å². The summed E-state index contributed by atoms with van der Waals surface area (Å²) in [5, 5.41) is 11.6. The van der Waals surface area contributed by atoms with Crippen molar-refractivity contribution >= 4 is 27.0 Å². The molecular formula is C27H22N2O7S. The summed E-state index contributed by atoms with van der Waals surface area (Å²) < 4.78 is 37.4. The first-order chi connectivity index (χ1) is 17.6. The molecule has 0 saturated heterocycles. The number of rotatable bonds is 4. The molecule has 10 heteroatoms. The van der Waals surface area contributed by atoms with Gasteiger partial charge in [-0.1, -0.05) is 24.6 Å². The Balaban J connectivity index is 1.41. The van der Waals surface area contributed by atoms with Crippen molar-refractivity contribution in [1.29, 1.82) is 0 Å². The highest BCUT2D eigenvalue weighted by atomic mass is 32.2. The average molecular weight is 519 g/mol. The standard InChI is InChI=1S/C27H22N2O7S/c1-3-27(32)21-12-23-24-17(13-29(23)25(30)20(21)14-35-26(27)31)10-16-11-18(6-9-22(16)28-24)36-37(33,34)19-7-4-15(2)5-8-19/h4-12,32H,3,13-14H2,1-2H3/t27-/m0/s1. The van der Waals surface area contributed by atoms with Gasteiger partial charge in [-0.25, -0.2) is 9.78 Å². The highest BCUT2D eigenvalue weighted by Gasteiger charge is 2.45. The maximum absolute atomic E-state index is 13.3. The molecule has 9 nitrogen and oxygen atoms in total. The fraction of sp³-hybridized carbons (Fsp3) is 0.222. The molecule has 0 radical (unpaired) electrons. The summed E-state index contributed by atoms with van der Waals surface area (Å²) in [5.74, 6) is -0.633. The number of aliphatic hydroxyl groups is 1. The molecule has 2 aromatic carbocycles. The van der Waals surface area contributed by atoms with E-state index in [9.17, 15) is 23.1 Å². The first-order valence-electron chi connectivity index (χ1n) is 11.7. The zero-order valence-corrected chi connectivity index (χ0v) is 20.8. The smallest absolute Gasteiger partial charge is 0.343 e. The molecule has 0 fully saturated rings. The molecule has 0 amide bonds. The molecule has 2 aliphatic rings. The van der Waals surface area contributed by atoms with Crippen molar-refractivity contribution in [2.24, 2.45) is 0 Å². The molecule has 0 spiro atoms. The van der Waals surface area contributed by atoms with Crippen LogP contribution in [0.5, 0.6) is 5.75 Å². The first-order valence-corrected chi connectivity index (χ1v) is 13.1. The van der Waals surface area contributed by atoms with E-state index in [1.807, 2.05) is 13.0 Å². The Morgan fingerprint density at radius 2 is 1.86 bits per heavy atom. The van der Waals surface area contributed by atoms with Gasteiger partial charge in [0.2, 0.25) is 0 Å². The van der Waals surface area contributed by atoms with Gasteiger partial charge in [-0.3, -0.25) is 4.79 Å². The van der Waals surface area contributed by atoms with Gasteiger partial charge in [-0.15, -0.1) is 0 Å². The molecule has 4 aromatic rings. The molecule has 1 N–H and O–H groups in total. The van der Waals surface area contributed by atoms with E-state index in [1.54, 1.807) is 41.8 Å². The van der Waals surface area contributed by atoms with E-state index >= 15 is 0 Å². The number of cyclic esters (lactones) is 1. The highest BCUT2D eigenvalue weighted by molar-refractivity contribution is 7.87. The van der Waals surface area contributed by atoms with Crippen molar-refractivity contribution in [1.82, 2.24) is 9.55 Å². The zero-order valence-electron chi connectivity index (χ0n) is 20.0. The van der Waals surface area contributed by atoms with Gasteiger partial charge in [0.05, 0.1) is 29.0 Å². The van der Waals surface area contributed by atoms with E-state index < -0.39 is 21.7 Å². The average Bonchev–Trinajstić information content (AvgIpc) is 3.23. The number of carbonyl (C=O) groups is 1. The number of hydrogen-bond acceptors (Lipinski definition) is 8. The molecule has 188 valence electrons. The van der Waals surface area contributed by atoms with Gasteiger partial charge < -0.3 is 18.6 Å². The predicted octanol–water partition coefficient (Wildman–Crippen LogP) is 3.16. The Hall–Kier alpha value is -4.02. The summed E-state index contributed by atoms with van der Waals surface area (Å²) in [7, 11) is -4.02. The van der Waals surface area contributed by atoms with Crippen LogP contribution in [0, 0.1) is 6.92 Å². The lowest BCUT2D eigenvalue weighted by Crippen LogP contribution is -2.44. The van der Waals surface area contributed by atoms with Crippen LogP contribution in [0.2, 0.25) is 0 Å². The number of carbonyl (C=O) groups excluding carboxylic acids is 1. The minimum absolute atomic E-state index is 0.0542. The second-order valence-electron chi connectivity index (χ2n) is 9.30. The number of aryl methyl sites for hydroxylation is 1. The molecule has 1 atom stereocenters. The fourth-order valence-electron chi connectivity index (χ4n) is 4.90. The summed E-state index contributed by atoms with van der Waals surface area (Å²) in [4.78, 5) is 30.4. The summed E-state index contributed by atoms with van der Waals surface area (Å²) in [5.41, 5.74) is 1.59. The van der Waals surface area contributed by atoms with E-state index in [1.165, 1.54) is 18.2 Å². The van der Waals surface area contributed by atoms with Gasteiger partial charge in [0.25, 0.3) is 5.56 Å². The van der Waals surface area contributed by atoms with Crippen molar-refractivity contribution in [3.63, 3.8) is 0 Å². The Bertz CT molecular complexity index is 1790. The summed E-state index contributed by atoms with van der Waals surface area (Å²) >= 11 is 0. The topological polar surface area (TPSA) is 125 Å². The molecular weight excluding hydrogens is 496 g/mol. The van der Waals surface area contributed by atoms with Crippen molar-refractivity contribution in [2.75, 3.05) is 0 Å². The van der Waals surface area contributed by atoms with Crippen LogP contribution in [0.1, 0.15) is 35.6 Å². The number of esters is 1. The minimum Gasteiger partial charge on any atom is -0.458 e. The Kier molecular flexibility index (Phi) is 5.05. The molecule has 0 unspecified atom stereocenters. The molecule has 0 saturated carbocycles. The maximum Gasteiger partial charge on any atom is 0.343 e. The third kappa shape index (κ3) is 3.55. The van der Waals surface area contributed by atoms with E-state index in [0.29, 0.717) is 22.3 Å². The van der Waals surface area contributed by atoms with Crippen molar-refractivity contribution in [2.45, 2.75) is 43.9 Å². The number of aromatic nitrogens is 2. The Labute approximate surface area is 212 Å². The SMILES string of the molecule is CC[C@@]1(O)C(=O)OCc2c1cc1n(c2=O)Cc2cc3cc(OS(=O)(=O)c4ccc(C)cc4)ccc3nc2-1. The van der Waals surface area contributed by atoms with Crippen LogP contribution < -0.4 is 9.74 Å². The summed E-state index contributed by atoms with van der Waals surface area (Å²) in [6.45, 7) is 3.56. The molecule has 0 bridgehead atoms. The Morgan fingerprint density at radius 1 is 1.11 bits per heavy atom. The van der Waals surface area contributed by atoms with Crippen LogP contribution in [0.15, 0.2) is 64.3 Å². The molecule has 2 aliphatic heterocycles. The van der Waals surface area contributed by atoms with Crippen LogP contribution >= 0.6 is 0 Å². The lowest BCUT2D eigenvalue weighted by atomic mass is 9.86. The highest BCUT2D eigenvalue weighted by Crippen LogP contribution is 2.39. The first kappa shape index (κ1) is 23.4. The lowest BCUT2D eigenvalue weighted by molar-refractivity contribution is -0.172. The number of nitrogens with zero attached hydrogens (tertiary/aromatic N) is 2. The van der Waals surface area contributed by atoms with Gasteiger partial charge in [-0.2, -0.15) is 8.42 Å². The van der Waals surface area contributed by atoms with E-state index in [-0.39, 0.29) is 46.9 Å². The molecule has 4 heterocycles. The molecule has 37 heavy (non-hydrogen) atoms. The number of ether oxygens (including phenoxy) is 1. The number of pyridine rings is 2. The van der Waals surface area contributed by atoms with Crippen molar-refractivity contribution < 1.29 is 27.2 Å². The van der Waals surface area contributed by atoms with Gasteiger partial charge in [0.15, 0.2) is 5.60 Å². The van der Waals surface area contributed by atoms with Gasteiger partial charge >= 0.3 is 16.1 Å². The van der Waals surface area contributed by atoms with E-state index in [2.05, 4.69) is 0 Å². The summed E-state index contributed by atoms with van der Waals surface area (Å²) in [6.07, 6.45) is 0.0635. The number of hydrogen-bond donors (Lipinski definition) is 1. The lowest BCUT2D eigenvalue weighted by Gasteiger charge is -2.31. The monoisotopic (exact) mass is 518 g/mol. The fourth-order valence-corrected chi connectivity index (χ4v) is 5.82. The van der Waals surface area contributed by atoms with Crippen LogP contribution in [-0.2, 0) is 38.4 Å². The predicted molar refractivity (Wildman–Crippen MR) is 134 cm³/mol. The van der Waals surface area contributed by atoms with Crippen LogP contribution in [0.3, 0.4) is 0 Å². The van der Waals surface area contributed by atoms with Crippen LogP contribution in [-0.4, -0.2) is 29.0 Å².